The molecule has 0 aliphatic heterocycles. The van der Waals surface area contributed by atoms with Crippen LogP contribution in [0.2, 0.25) is 13.3 Å². The van der Waals surface area contributed by atoms with Crippen molar-refractivity contribution in [2.24, 2.45) is 34.5 Å². The minimum atomic E-state index is -2.45. The average molecular weight is 618 g/mol. The first-order chi connectivity index (χ1) is 17.6. The Hall–Kier alpha value is -0.0913. The molecule has 37 heavy (non-hydrogen) atoms. The van der Waals surface area contributed by atoms with E-state index in [4.69, 9.17) is 0 Å². The van der Waals surface area contributed by atoms with E-state index in [1.165, 1.54) is 70.2 Å². The summed E-state index contributed by atoms with van der Waals surface area (Å²) in [6.07, 6.45) is 19.9. The van der Waals surface area contributed by atoms with Gasteiger partial charge < -0.3 is 0 Å². The van der Waals surface area contributed by atoms with E-state index in [0.29, 0.717) is 29.5 Å². The zero-order chi connectivity index (χ0) is 26.9. The average Bonchev–Trinajstić information content (AvgIpc) is 3.15. The van der Waals surface area contributed by atoms with Crippen LogP contribution in [-0.4, -0.2) is 34.9 Å². The number of carbonyl (C=O) groups is 1. The van der Waals surface area contributed by atoms with Gasteiger partial charge in [-0.15, -0.1) is 0 Å². The molecular weight excluding hydrogens is 559 g/mol. The molecule has 0 aromatic carbocycles. The number of hydrogen-bond donors (Lipinski definition) is 1. The van der Waals surface area contributed by atoms with Crippen LogP contribution < -0.4 is 0 Å². The molecule has 4 aliphatic rings. The molecule has 1 N–H and O–H groups in total. The molecule has 4 rings (SSSR count). The Balaban J connectivity index is 1.62. The first kappa shape index (κ1) is 29.9. The maximum absolute atomic E-state index is 12.5. The van der Waals surface area contributed by atoms with Crippen LogP contribution >= 0.6 is 0 Å². The SMILES string of the molecule is CCC[CH2][Sn](/[CH]=C\[C@]1(O)CC[C@H]2[C@@H]3[C@H](C)CC4=CC(=O)CC[C@]4(C)[C@H]3CC[C@@]21C)([CH2]CCC)[CH2]CCC. The van der Waals surface area contributed by atoms with E-state index in [1.807, 2.05) is 6.08 Å². The zero-order valence-corrected chi connectivity index (χ0v) is 28.1. The summed E-state index contributed by atoms with van der Waals surface area (Å²) in [6, 6.07) is 0. The molecule has 0 amide bonds. The topological polar surface area (TPSA) is 37.3 Å². The van der Waals surface area contributed by atoms with Crippen LogP contribution in [0.3, 0.4) is 0 Å². The van der Waals surface area contributed by atoms with Crippen molar-refractivity contribution in [1.29, 1.82) is 0 Å². The second-order valence-electron chi connectivity index (χ2n) is 14.5. The molecule has 210 valence electrons. The summed E-state index contributed by atoms with van der Waals surface area (Å²) >= 11 is -2.45. The summed E-state index contributed by atoms with van der Waals surface area (Å²) < 4.78 is 7.19. The Morgan fingerprint density at radius 1 is 0.946 bits per heavy atom. The molecule has 0 aromatic rings. The van der Waals surface area contributed by atoms with Crippen LogP contribution in [0.5, 0.6) is 0 Å². The van der Waals surface area contributed by atoms with Gasteiger partial charge in [0.15, 0.2) is 0 Å². The van der Waals surface area contributed by atoms with Crippen molar-refractivity contribution < 1.29 is 9.90 Å². The number of unbranched alkanes of at least 4 members (excludes halogenated alkanes) is 3. The van der Waals surface area contributed by atoms with Crippen molar-refractivity contribution >= 4 is 24.2 Å². The van der Waals surface area contributed by atoms with E-state index in [1.54, 1.807) is 0 Å². The molecule has 4 aliphatic carbocycles. The quantitative estimate of drug-likeness (QED) is 0.235. The molecule has 3 fully saturated rings. The van der Waals surface area contributed by atoms with Gasteiger partial charge in [0.2, 0.25) is 0 Å². The molecule has 0 unspecified atom stereocenters. The van der Waals surface area contributed by atoms with Gasteiger partial charge in [0.05, 0.1) is 0 Å². The summed E-state index contributed by atoms with van der Waals surface area (Å²) in [7, 11) is 0. The molecular formula is C34H58O2Sn. The van der Waals surface area contributed by atoms with Gasteiger partial charge in [-0.1, -0.05) is 0 Å². The van der Waals surface area contributed by atoms with Gasteiger partial charge in [-0.25, -0.2) is 0 Å². The Kier molecular flexibility index (Phi) is 9.53. The molecule has 0 heterocycles. The molecule has 0 spiro atoms. The van der Waals surface area contributed by atoms with Gasteiger partial charge in [-0.3, -0.25) is 0 Å². The number of fused-ring (bicyclic) bond motifs is 5. The fourth-order valence-electron chi connectivity index (χ4n) is 9.76. The van der Waals surface area contributed by atoms with Crippen LogP contribution in [0.1, 0.15) is 125 Å². The Morgan fingerprint density at radius 2 is 1.54 bits per heavy atom. The van der Waals surface area contributed by atoms with Crippen molar-refractivity contribution in [3.05, 3.63) is 21.8 Å². The normalized spacial score (nSPS) is 39.9. The van der Waals surface area contributed by atoms with Crippen LogP contribution in [0, 0.1) is 34.5 Å². The second kappa shape index (κ2) is 11.8. The fourth-order valence-corrected chi connectivity index (χ4v) is 24.2. The van der Waals surface area contributed by atoms with Crippen LogP contribution in [0.25, 0.3) is 0 Å². The predicted molar refractivity (Wildman–Crippen MR) is 160 cm³/mol. The van der Waals surface area contributed by atoms with Gasteiger partial charge >= 0.3 is 234 Å². The van der Waals surface area contributed by atoms with Crippen LogP contribution in [-0.2, 0) is 4.79 Å². The van der Waals surface area contributed by atoms with Crippen molar-refractivity contribution in [2.45, 2.75) is 144 Å². The summed E-state index contributed by atoms with van der Waals surface area (Å²) in [4.78, 5) is 12.3. The van der Waals surface area contributed by atoms with Crippen molar-refractivity contribution in [1.82, 2.24) is 0 Å². The molecule has 0 bridgehead atoms. The molecule has 2 nitrogen and oxygen atoms in total. The van der Waals surface area contributed by atoms with E-state index in [0.717, 1.165) is 32.1 Å². The van der Waals surface area contributed by atoms with Crippen LogP contribution in [0.15, 0.2) is 21.8 Å². The first-order valence-electron chi connectivity index (χ1n) is 16.2. The van der Waals surface area contributed by atoms with E-state index >= 15 is 0 Å². The molecule has 0 saturated heterocycles. The van der Waals surface area contributed by atoms with Crippen molar-refractivity contribution in [3.8, 4) is 0 Å². The van der Waals surface area contributed by atoms with Gasteiger partial charge in [0, 0.05) is 0 Å². The van der Waals surface area contributed by atoms with E-state index in [-0.39, 0.29) is 10.8 Å². The molecule has 0 radical (unpaired) electrons. The number of carbonyl (C=O) groups excluding carboxylic acids is 1. The maximum atomic E-state index is 12.5. The van der Waals surface area contributed by atoms with E-state index < -0.39 is 24.0 Å². The first-order valence-corrected chi connectivity index (χ1v) is 23.9. The monoisotopic (exact) mass is 618 g/mol. The zero-order valence-electron chi connectivity index (χ0n) is 25.2. The van der Waals surface area contributed by atoms with Gasteiger partial charge in [-0.05, 0) is 0 Å². The number of aliphatic hydroxyl groups is 1. The molecule has 7 atom stereocenters. The van der Waals surface area contributed by atoms with Crippen molar-refractivity contribution in [3.63, 3.8) is 0 Å². The number of allylic oxidation sites excluding steroid dienone is 1. The predicted octanol–water partition coefficient (Wildman–Crippen LogP) is 9.44. The van der Waals surface area contributed by atoms with E-state index in [9.17, 15) is 9.90 Å². The second-order valence-corrected chi connectivity index (χ2v) is 27.5. The third kappa shape index (κ3) is 5.47. The van der Waals surface area contributed by atoms with Crippen molar-refractivity contribution in [2.75, 3.05) is 0 Å². The minimum absolute atomic E-state index is 0.00112. The Morgan fingerprint density at radius 3 is 2.14 bits per heavy atom. The molecule has 0 aromatic heterocycles. The molecule has 3 saturated carbocycles. The van der Waals surface area contributed by atoms with Crippen LogP contribution in [0.4, 0.5) is 0 Å². The number of rotatable bonds is 11. The Labute approximate surface area is 233 Å². The fraction of sp³-hybridized carbons (Fsp3) is 0.853. The summed E-state index contributed by atoms with van der Waals surface area (Å²) in [5.74, 6) is 2.94. The summed E-state index contributed by atoms with van der Waals surface area (Å²) in [5.41, 5.74) is 1.03. The number of hydrogen-bond acceptors (Lipinski definition) is 2. The van der Waals surface area contributed by atoms with Gasteiger partial charge in [-0.2, -0.15) is 0 Å². The Bertz CT molecular complexity index is 853. The summed E-state index contributed by atoms with van der Waals surface area (Å²) in [6.45, 7) is 14.5. The third-order valence-corrected chi connectivity index (χ3v) is 26.4. The standard InChI is InChI=1S/C22H31O2.3C4H9.Sn/c1-5-22(24)11-8-18-19-14(2)12-15-13-16(23)6-9-20(15,3)17(19)7-10-21(18,22)4;3*1-3-4-2;/h1,5,13-14,17-19,24H,6-12H2,2-4H3;3*1,3-4H2,2H3;/t14-,17+,18+,19-,20+,21+,22+;;;;/m1..../s1. The van der Waals surface area contributed by atoms with Gasteiger partial charge in [0.25, 0.3) is 0 Å². The number of ketones is 1. The van der Waals surface area contributed by atoms with Gasteiger partial charge in [0.1, 0.15) is 0 Å². The van der Waals surface area contributed by atoms with E-state index in [2.05, 4.69) is 51.7 Å². The third-order valence-electron chi connectivity index (χ3n) is 12.3. The molecule has 3 heteroatoms. The summed E-state index contributed by atoms with van der Waals surface area (Å²) in [5, 5.41) is 12.5.